The summed E-state index contributed by atoms with van der Waals surface area (Å²) in [6, 6.07) is 19.3. The molecule has 0 bridgehead atoms. The van der Waals surface area contributed by atoms with E-state index in [0.29, 0.717) is 35.3 Å². The van der Waals surface area contributed by atoms with Crippen molar-refractivity contribution in [2.45, 2.75) is 13.0 Å². The Labute approximate surface area is 204 Å². The van der Waals surface area contributed by atoms with Gasteiger partial charge in [-0.25, -0.2) is 0 Å². The summed E-state index contributed by atoms with van der Waals surface area (Å²) in [6.07, 6.45) is 2.28. The van der Waals surface area contributed by atoms with Crippen LogP contribution in [0.15, 0.2) is 81.7 Å². The Bertz CT molecular complexity index is 1330. The highest BCUT2D eigenvalue weighted by atomic mass is 32.2. The Kier molecular flexibility index (Phi) is 6.29. The molecule has 0 saturated heterocycles. The van der Waals surface area contributed by atoms with Gasteiger partial charge in [0.15, 0.2) is 17.3 Å². The highest BCUT2D eigenvalue weighted by molar-refractivity contribution is 8.27. The molecule has 3 aromatic rings. The van der Waals surface area contributed by atoms with Crippen molar-refractivity contribution in [1.82, 2.24) is 5.01 Å². The monoisotopic (exact) mass is 488 g/mol. The molecule has 0 radical (unpaired) electrons. The number of rotatable bonds is 7. The summed E-state index contributed by atoms with van der Waals surface area (Å²) in [5, 5.41) is 17.8. The minimum atomic E-state index is -0.459. The van der Waals surface area contributed by atoms with Gasteiger partial charge in [-0.2, -0.15) is 15.1 Å². The Morgan fingerprint density at radius 1 is 1.09 bits per heavy atom. The van der Waals surface area contributed by atoms with Crippen LogP contribution in [0, 0.1) is 5.41 Å². The lowest BCUT2D eigenvalue weighted by Gasteiger charge is -2.20. The van der Waals surface area contributed by atoms with Crippen LogP contribution in [0.25, 0.3) is 6.08 Å². The average Bonchev–Trinajstić information content (AvgIpc) is 3.51. The zero-order valence-electron chi connectivity index (χ0n) is 18.2. The largest absolute Gasteiger partial charge is 0.493 e. The molecular formula is C25H20N4O3S2. The molecule has 9 heteroatoms. The number of benzene rings is 2. The summed E-state index contributed by atoms with van der Waals surface area (Å²) in [5.41, 5.74) is 1.92. The van der Waals surface area contributed by atoms with Crippen LogP contribution in [0.3, 0.4) is 0 Å². The fourth-order valence-electron chi connectivity index (χ4n) is 3.46. The highest BCUT2D eigenvalue weighted by Gasteiger charge is 2.35. The summed E-state index contributed by atoms with van der Waals surface area (Å²) >= 11 is 2.97. The average molecular weight is 489 g/mol. The Hall–Kier alpha value is -3.69. The minimum Gasteiger partial charge on any atom is -0.493 e. The molecule has 0 spiro atoms. The normalized spacial score (nSPS) is 16.4. The molecule has 2 aromatic carbocycles. The molecular weight excluding hydrogens is 468 g/mol. The number of hydrogen-bond donors (Lipinski definition) is 1. The van der Waals surface area contributed by atoms with Crippen LogP contribution in [-0.2, 0) is 17.8 Å². The topological polar surface area (TPSA) is 87.3 Å². The van der Waals surface area contributed by atoms with Crippen LogP contribution in [0.4, 0.5) is 0 Å². The molecule has 2 aliphatic rings. The number of carbonyl (C=O) groups is 1. The summed E-state index contributed by atoms with van der Waals surface area (Å²) in [7, 11) is 1.57. The van der Waals surface area contributed by atoms with Gasteiger partial charge in [0.05, 0.1) is 12.7 Å². The molecule has 0 unspecified atom stereocenters. The molecule has 1 amide bonds. The summed E-state index contributed by atoms with van der Waals surface area (Å²) in [5.74, 6) is 0.682. The van der Waals surface area contributed by atoms with Gasteiger partial charge < -0.3 is 9.47 Å². The molecule has 3 heterocycles. The van der Waals surface area contributed by atoms with Gasteiger partial charge in [-0.1, -0.05) is 42.5 Å². The number of nitrogens with zero attached hydrogens (tertiary/aromatic N) is 3. The van der Waals surface area contributed by atoms with Crippen molar-refractivity contribution in [1.29, 1.82) is 5.41 Å². The lowest BCUT2D eigenvalue weighted by molar-refractivity contribution is -0.114. The van der Waals surface area contributed by atoms with Crippen molar-refractivity contribution in [2.24, 2.45) is 10.1 Å². The third kappa shape index (κ3) is 4.66. The Balaban J connectivity index is 1.35. The number of amidine groups is 2. The number of hydrogen-bond acceptors (Lipinski definition) is 7. The van der Waals surface area contributed by atoms with Crippen LogP contribution in [0.5, 0.6) is 11.5 Å². The molecule has 0 saturated carbocycles. The number of hydrazone groups is 1. The fraction of sp³-hybridized carbons (Fsp3) is 0.120. The van der Waals surface area contributed by atoms with Crippen LogP contribution in [0.2, 0.25) is 0 Å². The minimum absolute atomic E-state index is 0.00653. The molecule has 1 N–H and O–H groups in total. The molecule has 1 aromatic heterocycles. The zero-order valence-corrected chi connectivity index (χ0v) is 19.9. The summed E-state index contributed by atoms with van der Waals surface area (Å²) in [6.45, 7) is 0.413. The van der Waals surface area contributed by atoms with E-state index < -0.39 is 5.91 Å². The van der Waals surface area contributed by atoms with Crippen molar-refractivity contribution in [3.05, 3.63) is 87.6 Å². The van der Waals surface area contributed by atoms with Crippen molar-refractivity contribution < 1.29 is 14.3 Å². The van der Waals surface area contributed by atoms with Crippen molar-refractivity contribution in [3.63, 3.8) is 0 Å². The predicted molar refractivity (Wildman–Crippen MR) is 137 cm³/mol. The maximum absolute atomic E-state index is 12.7. The number of fused-ring (bicyclic) bond motifs is 1. The van der Waals surface area contributed by atoms with Gasteiger partial charge in [0, 0.05) is 11.3 Å². The van der Waals surface area contributed by atoms with E-state index in [1.54, 1.807) is 36.7 Å². The van der Waals surface area contributed by atoms with E-state index in [-0.39, 0.29) is 11.4 Å². The third-order valence-electron chi connectivity index (χ3n) is 5.14. The first kappa shape index (κ1) is 22.1. The number of thiophene rings is 1. The number of nitrogens with one attached hydrogen (secondary N) is 1. The second-order valence-corrected chi connectivity index (χ2v) is 9.53. The van der Waals surface area contributed by atoms with Gasteiger partial charge in [0.2, 0.25) is 5.17 Å². The first-order chi connectivity index (χ1) is 16.6. The van der Waals surface area contributed by atoms with Gasteiger partial charge in [-0.05, 0) is 52.5 Å². The van der Waals surface area contributed by atoms with Gasteiger partial charge >= 0.3 is 0 Å². The predicted octanol–water partition coefficient (Wildman–Crippen LogP) is 5.20. The molecule has 34 heavy (non-hydrogen) atoms. The van der Waals surface area contributed by atoms with Crippen LogP contribution < -0.4 is 9.47 Å². The van der Waals surface area contributed by atoms with Gasteiger partial charge in [-0.3, -0.25) is 10.2 Å². The summed E-state index contributed by atoms with van der Waals surface area (Å²) < 4.78 is 11.4. The molecule has 0 aliphatic carbocycles. The first-order valence-electron chi connectivity index (χ1n) is 10.5. The number of amides is 1. The maximum atomic E-state index is 12.7. The fourth-order valence-corrected chi connectivity index (χ4v) is 5.17. The van der Waals surface area contributed by atoms with E-state index in [4.69, 9.17) is 14.9 Å². The second kappa shape index (κ2) is 9.66. The van der Waals surface area contributed by atoms with Crippen LogP contribution >= 0.6 is 23.1 Å². The van der Waals surface area contributed by atoms with Gasteiger partial charge in [-0.15, -0.1) is 11.3 Å². The van der Waals surface area contributed by atoms with E-state index >= 15 is 0 Å². The first-order valence-corrected chi connectivity index (χ1v) is 12.2. The summed E-state index contributed by atoms with van der Waals surface area (Å²) in [4.78, 5) is 18.0. The maximum Gasteiger partial charge on any atom is 0.283 e. The van der Waals surface area contributed by atoms with E-state index in [1.165, 1.54) is 21.6 Å². The number of carbonyl (C=O) groups excluding carboxylic acids is 1. The standard InChI is InChI=1S/C25H20N4O3S2/c1-31-21-13-17(9-10-20(21)32-15-16-6-3-2-4-7-16)12-19-23(26)29-25(27-24(19)30)34-22(28-29)14-18-8-5-11-33-18/h2-13,26H,14-15H2,1H3/b19-12-,26-23?. The third-order valence-corrected chi connectivity index (χ3v) is 6.92. The molecule has 2 aliphatic heterocycles. The van der Waals surface area contributed by atoms with Gasteiger partial charge in [0.25, 0.3) is 5.91 Å². The molecule has 0 fully saturated rings. The second-order valence-electron chi connectivity index (χ2n) is 7.45. The van der Waals surface area contributed by atoms with Crippen molar-refractivity contribution >= 4 is 51.1 Å². The van der Waals surface area contributed by atoms with E-state index in [2.05, 4.69) is 10.1 Å². The van der Waals surface area contributed by atoms with E-state index in [1.807, 2.05) is 53.9 Å². The lowest BCUT2D eigenvalue weighted by atomic mass is 10.1. The SMILES string of the molecule is COc1cc(/C=C2/C(=N)N3N=C(Cc4cccs4)SC3=NC2=O)ccc1OCc1ccccc1. The molecule has 5 rings (SSSR count). The number of methoxy groups -OCH3 is 1. The van der Waals surface area contributed by atoms with Crippen LogP contribution in [0.1, 0.15) is 16.0 Å². The van der Waals surface area contributed by atoms with Crippen LogP contribution in [-0.4, -0.2) is 34.1 Å². The molecule has 170 valence electrons. The lowest BCUT2D eigenvalue weighted by Crippen LogP contribution is -2.35. The van der Waals surface area contributed by atoms with Gasteiger partial charge in [0.1, 0.15) is 11.7 Å². The molecule has 7 nitrogen and oxygen atoms in total. The quantitative estimate of drug-likeness (QED) is 0.462. The van der Waals surface area contributed by atoms with E-state index in [9.17, 15) is 4.79 Å². The van der Waals surface area contributed by atoms with Crippen molar-refractivity contribution in [3.8, 4) is 11.5 Å². The van der Waals surface area contributed by atoms with Crippen molar-refractivity contribution in [2.75, 3.05) is 7.11 Å². The zero-order chi connectivity index (χ0) is 23.5. The molecule has 0 atom stereocenters. The number of ether oxygens (including phenoxy) is 2. The Morgan fingerprint density at radius 3 is 2.71 bits per heavy atom. The van der Waals surface area contributed by atoms with E-state index in [0.717, 1.165) is 10.6 Å². The smallest absolute Gasteiger partial charge is 0.283 e. The number of thioether (sulfide) groups is 1. The highest BCUT2D eigenvalue weighted by Crippen LogP contribution is 2.32. The number of aliphatic imine (C=N–C) groups is 1. The Morgan fingerprint density at radius 2 is 1.94 bits per heavy atom.